The summed E-state index contributed by atoms with van der Waals surface area (Å²) in [5.41, 5.74) is 0. The SMILES string of the molecule is CCCOC1CC(C(=O)NC2CCC(C)C(NC3NCCC(C4CCCNC4)N3)C2)CCC1S(C)(=O)=O. The molecule has 9 atom stereocenters. The van der Waals surface area contributed by atoms with Gasteiger partial charge in [0.05, 0.1) is 11.4 Å². The summed E-state index contributed by atoms with van der Waals surface area (Å²) in [4.78, 5) is 13.3. The molecule has 37 heavy (non-hydrogen) atoms. The first-order valence-electron chi connectivity index (χ1n) is 14.8. The van der Waals surface area contributed by atoms with Gasteiger partial charge in [-0.05, 0) is 95.7 Å². The lowest BCUT2D eigenvalue weighted by Gasteiger charge is -2.43. The average Bonchev–Trinajstić information content (AvgIpc) is 2.89. The third-order valence-electron chi connectivity index (χ3n) is 9.20. The maximum Gasteiger partial charge on any atom is 0.223 e. The predicted molar refractivity (Wildman–Crippen MR) is 147 cm³/mol. The summed E-state index contributed by atoms with van der Waals surface area (Å²) < 4.78 is 30.5. The first kappa shape index (κ1) is 29.2. The number of sulfone groups is 1. The smallest absolute Gasteiger partial charge is 0.223 e. The Balaban J connectivity index is 1.28. The van der Waals surface area contributed by atoms with E-state index in [1.165, 1.54) is 19.1 Å². The van der Waals surface area contributed by atoms with Crippen LogP contribution in [0.5, 0.6) is 0 Å². The molecule has 4 aliphatic rings. The first-order chi connectivity index (χ1) is 17.7. The van der Waals surface area contributed by atoms with Crippen LogP contribution in [-0.4, -0.2) is 82.6 Å². The molecular formula is C27H51N5O4S. The fraction of sp³-hybridized carbons (Fsp3) is 0.963. The fourth-order valence-corrected chi connectivity index (χ4v) is 8.24. The highest BCUT2D eigenvalue weighted by molar-refractivity contribution is 7.91. The molecule has 2 heterocycles. The molecule has 2 aliphatic carbocycles. The van der Waals surface area contributed by atoms with Crippen molar-refractivity contribution in [3.05, 3.63) is 0 Å². The summed E-state index contributed by atoms with van der Waals surface area (Å²) in [6.07, 6.45) is 10.1. The number of carbonyl (C=O) groups is 1. The van der Waals surface area contributed by atoms with Crippen LogP contribution in [0.25, 0.3) is 0 Å². The predicted octanol–water partition coefficient (Wildman–Crippen LogP) is 1.49. The molecule has 2 aliphatic heterocycles. The molecule has 10 heteroatoms. The molecule has 0 aromatic heterocycles. The van der Waals surface area contributed by atoms with Crippen LogP contribution < -0.4 is 26.6 Å². The van der Waals surface area contributed by atoms with Gasteiger partial charge in [-0.2, -0.15) is 0 Å². The van der Waals surface area contributed by atoms with Gasteiger partial charge < -0.3 is 15.4 Å². The van der Waals surface area contributed by atoms with Crippen molar-refractivity contribution >= 4 is 15.7 Å². The van der Waals surface area contributed by atoms with Crippen LogP contribution in [0.15, 0.2) is 0 Å². The minimum Gasteiger partial charge on any atom is -0.377 e. The zero-order valence-electron chi connectivity index (χ0n) is 23.1. The summed E-state index contributed by atoms with van der Waals surface area (Å²) in [6.45, 7) is 8.12. The molecule has 0 bridgehead atoms. The second-order valence-electron chi connectivity index (χ2n) is 12.1. The maximum atomic E-state index is 13.3. The number of rotatable bonds is 9. The van der Waals surface area contributed by atoms with Crippen LogP contribution in [0.4, 0.5) is 0 Å². The minimum atomic E-state index is -3.20. The zero-order chi connectivity index (χ0) is 26.4. The summed E-state index contributed by atoms with van der Waals surface area (Å²) in [5.74, 6) is 1.12. The lowest BCUT2D eigenvalue weighted by atomic mass is 9.81. The van der Waals surface area contributed by atoms with Gasteiger partial charge in [-0.25, -0.2) is 8.42 Å². The van der Waals surface area contributed by atoms with Crippen LogP contribution in [0, 0.1) is 17.8 Å². The van der Waals surface area contributed by atoms with E-state index < -0.39 is 21.2 Å². The molecule has 4 rings (SSSR count). The molecule has 0 spiro atoms. The van der Waals surface area contributed by atoms with Crippen molar-refractivity contribution in [2.24, 2.45) is 17.8 Å². The highest BCUT2D eigenvalue weighted by Crippen LogP contribution is 2.32. The molecule has 2 saturated heterocycles. The second-order valence-corrected chi connectivity index (χ2v) is 14.4. The van der Waals surface area contributed by atoms with Gasteiger partial charge in [-0.1, -0.05) is 13.8 Å². The molecule has 1 amide bonds. The summed E-state index contributed by atoms with van der Waals surface area (Å²) in [6, 6.07) is 1.01. The van der Waals surface area contributed by atoms with E-state index in [4.69, 9.17) is 4.74 Å². The van der Waals surface area contributed by atoms with E-state index in [2.05, 4.69) is 33.5 Å². The molecule has 2 saturated carbocycles. The third-order valence-corrected chi connectivity index (χ3v) is 10.8. The summed E-state index contributed by atoms with van der Waals surface area (Å²) in [5, 5.41) is 17.6. The summed E-state index contributed by atoms with van der Waals surface area (Å²) in [7, 11) is -3.20. The lowest BCUT2D eigenvalue weighted by Crippen LogP contribution is -2.66. The minimum absolute atomic E-state index is 0.0640. The molecular weight excluding hydrogens is 490 g/mol. The van der Waals surface area contributed by atoms with E-state index in [1.807, 2.05) is 6.92 Å². The molecule has 4 fully saturated rings. The van der Waals surface area contributed by atoms with E-state index in [1.54, 1.807) is 0 Å². The van der Waals surface area contributed by atoms with Crippen LogP contribution in [0.3, 0.4) is 0 Å². The van der Waals surface area contributed by atoms with Crippen LogP contribution in [0.1, 0.15) is 78.1 Å². The van der Waals surface area contributed by atoms with Crippen molar-refractivity contribution in [2.75, 3.05) is 32.5 Å². The molecule has 5 N–H and O–H groups in total. The van der Waals surface area contributed by atoms with Gasteiger partial charge in [0.2, 0.25) is 5.91 Å². The van der Waals surface area contributed by atoms with Gasteiger partial charge in [0.25, 0.3) is 0 Å². The van der Waals surface area contributed by atoms with Crippen LogP contribution in [0.2, 0.25) is 0 Å². The standard InChI is InChI=1S/C27H51N5O4S/c1-4-14-36-24-15-19(8-10-25(24)37(3,34)35)26(33)30-21-9-7-18(2)23(16-21)32-27-29-13-11-22(31-27)20-6-5-12-28-17-20/h18-25,27-29,31-32H,4-17H2,1-3H3,(H,30,33). The fourth-order valence-electron chi connectivity index (χ4n) is 6.93. The third kappa shape index (κ3) is 8.11. The van der Waals surface area contributed by atoms with Crippen molar-refractivity contribution < 1.29 is 17.9 Å². The topological polar surface area (TPSA) is 121 Å². The second kappa shape index (κ2) is 13.5. The molecule has 9 unspecified atom stereocenters. The van der Waals surface area contributed by atoms with Gasteiger partial charge in [0.1, 0.15) is 6.29 Å². The van der Waals surface area contributed by atoms with Crippen molar-refractivity contribution in [1.82, 2.24) is 26.6 Å². The number of hydrogen-bond donors (Lipinski definition) is 5. The van der Waals surface area contributed by atoms with Crippen molar-refractivity contribution in [3.63, 3.8) is 0 Å². The van der Waals surface area contributed by atoms with Crippen molar-refractivity contribution in [2.45, 2.75) is 114 Å². The number of amides is 1. The van der Waals surface area contributed by atoms with Gasteiger partial charge in [0.15, 0.2) is 9.84 Å². The lowest BCUT2D eigenvalue weighted by molar-refractivity contribution is -0.128. The van der Waals surface area contributed by atoms with Gasteiger partial charge in [-0.3, -0.25) is 20.7 Å². The van der Waals surface area contributed by atoms with Gasteiger partial charge in [0, 0.05) is 36.9 Å². The van der Waals surface area contributed by atoms with Gasteiger partial charge >= 0.3 is 0 Å². The highest BCUT2D eigenvalue weighted by atomic mass is 32.2. The normalized spacial score (nSPS) is 39.7. The Morgan fingerprint density at radius 2 is 1.89 bits per heavy atom. The van der Waals surface area contributed by atoms with Crippen LogP contribution >= 0.6 is 0 Å². The Labute approximate surface area is 224 Å². The molecule has 214 valence electrons. The van der Waals surface area contributed by atoms with E-state index in [-0.39, 0.29) is 24.2 Å². The summed E-state index contributed by atoms with van der Waals surface area (Å²) >= 11 is 0. The maximum absolute atomic E-state index is 13.3. The van der Waals surface area contributed by atoms with Crippen molar-refractivity contribution in [1.29, 1.82) is 0 Å². The number of nitrogens with one attached hydrogen (secondary N) is 5. The molecule has 0 radical (unpaired) electrons. The zero-order valence-corrected chi connectivity index (χ0v) is 24.0. The molecule has 9 nitrogen and oxygen atoms in total. The molecule has 0 aromatic rings. The Morgan fingerprint density at radius 3 is 2.62 bits per heavy atom. The number of piperidine rings is 1. The molecule has 0 aromatic carbocycles. The monoisotopic (exact) mass is 541 g/mol. The van der Waals surface area contributed by atoms with E-state index in [0.29, 0.717) is 49.8 Å². The highest BCUT2D eigenvalue weighted by Gasteiger charge is 2.40. The number of ether oxygens (including phenoxy) is 1. The average molecular weight is 542 g/mol. The Morgan fingerprint density at radius 1 is 1.05 bits per heavy atom. The Kier molecular flexibility index (Phi) is 10.7. The quantitative estimate of drug-likeness (QED) is 0.298. The van der Waals surface area contributed by atoms with Crippen LogP contribution in [-0.2, 0) is 19.4 Å². The number of hydrogen-bond acceptors (Lipinski definition) is 8. The van der Waals surface area contributed by atoms with Crippen molar-refractivity contribution in [3.8, 4) is 0 Å². The van der Waals surface area contributed by atoms with E-state index in [9.17, 15) is 13.2 Å². The Hall–Kier alpha value is -0.780. The number of carbonyl (C=O) groups excluding carboxylic acids is 1. The Bertz CT molecular complexity index is 837. The largest absolute Gasteiger partial charge is 0.377 e. The van der Waals surface area contributed by atoms with E-state index >= 15 is 0 Å². The first-order valence-corrected chi connectivity index (χ1v) is 16.8. The van der Waals surface area contributed by atoms with E-state index in [0.717, 1.165) is 51.7 Å². The van der Waals surface area contributed by atoms with Gasteiger partial charge in [-0.15, -0.1) is 0 Å².